The highest BCUT2D eigenvalue weighted by Crippen LogP contribution is 2.40. The molecule has 0 aliphatic carbocycles. The summed E-state index contributed by atoms with van der Waals surface area (Å²) in [6.07, 6.45) is 0.580. The molecule has 0 saturated heterocycles. The third kappa shape index (κ3) is 5.75. The summed E-state index contributed by atoms with van der Waals surface area (Å²) in [7, 11) is 0. The number of nitrogens with one attached hydrogen (secondary N) is 2. The SMILES string of the molecule is CCn1nc(C(=O)NNC(=O)CCc2cc(C(C)(C)C)c(O)c(C(C)(C)C)c2)c2ccccc2c1=O. The molecule has 0 aliphatic rings. The van der Waals surface area contributed by atoms with E-state index in [4.69, 9.17) is 0 Å². The van der Waals surface area contributed by atoms with Crippen molar-refractivity contribution in [1.82, 2.24) is 20.6 Å². The Morgan fingerprint density at radius 3 is 2.03 bits per heavy atom. The minimum absolute atomic E-state index is 0.0653. The number of phenols is 1. The number of amides is 2. The van der Waals surface area contributed by atoms with Crippen molar-refractivity contribution in [2.24, 2.45) is 0 Å². The summed E-state index contributed by atoms with van der Waals surface area (Å²) in [6, 6.07) is 10.7. The molecule has 0 bridgehead atoms. The number of hydrogen-bond acceptors (Lipinski definition) is 5. The Morgan fingerprint density at radius 1 is 0.944 bits per heavy atom. The van der Waals surface area contributed by atoms with Gasteiger partial charge in [0, 0.05) is 18.4 Å². The molecule has 8 nitrogen and oxygen atoms in total. The van der Waals surface area contributed by atoms with Crippen molar-refractivity contribution < 1.29 is 14.7 Å². The standard InChI is InChI=1S/C28H36N4O4/c1-8-32-26(36)19-12-10-9-11-18(19)23(31-32)25(35)30-29-22(33)14-13-17-15-20(27(2,3)4)24(34)21(16-17)28(5,6)7/h9-12,15-16,34H,8,13-14H2,1-7H3,(H,29,33)(H,30,35). The lowest BCUT2D eigenvalue weighted by Crippen LogP contribution is -2.42. The van der Waals surface area contributed by atoms with Crippen LogP contribution in [0.4, 0.5) is 0 Å². The van der Waals surface area contributed by atoms with E-state index in [2.05, 4.69) is 16.0 Å². The summed E-state index contributed by atoms with van der Waals surface area (Å²) in [5, 5.41) is 15.9. The smallest absolute Gasteiger partial charge is 0.290 e. The summed E-state index contributed by atoms with van der Waals surface area (Å²) >= 11 is 0. The molecular weight excluding hydrogens is 456 g/mol. The lowest BCUT2D eigenvalue weighted by molar-refractivity contribution is -0.121. The Morgan fingerprint density at radius 2 is 1.50 bits per heavy atom. The number of hydrazine groups is 1. The zero-order valence-electron chi connectivity index (χ0n) is 22.2. The van der Waals surface area contributed by atoms with Crippen molar-refractivity contribution in [3.05, 3.63) is 69.1 Å². The second kappa shape index (κ2) is 10.1. The number of phenolic OH excluding ortho intramolecular Hbond substituents is 1. The first-order valence-electron chi connectivity index (χ1n) is 12.2. The molecule has 0 atom stereocenters. The Hall–Kier alpha value is -3.68. The van der Waals surface area contributed by atoms with Gasteiger partial charge in [0.25, 0.3) is 11.5 Å². The number of aromatic hydroxyl groups is 1. The predicted molar refractivity (Wildman–Crippen MR) is 141 cm³/mol. The summed E-state index contributed by atoms with van der Waals surface area (Å²) in [5.74, 6) is -0.667. The van der Waals surface area contributed by atoms with E-state index in [1.54, 1.807) is 31.2 Å². The van der Waals surface area contributed by atoms with Crippen LogP contribution in [0, 0.1) is 0 Å². The van der Waals surface area contributed by atoms with E-state index in [1.165, 1.54) is 4.68 Å². The van der Waals surface area contributed by atoms with E-state index in [1.807, 2.05) is 53.7 Å². The molecule has 0 saturated carbocycles. The van der Waals surface area contributed by atoms with Crippen molar-refractivity contribution in [3.63, 3.8) is 0 Å². The highest BCUT2D eigenvalue weighted by Gasteiger charge is 2.26. The molecule has 0 radical (unpaired) electrons. The topological polar surface area (TPSA) is 113 Å². The van der Waals surface area contributed by atoms with Crippen LogP contribution in [-0.4, -0.2) is 26.7 Å². The van der Waals surface area contributed by atoms with E-state index in [0.29, 0.717) is 29.5 Å². The van der Waals surface area contributed by atoms with Crippen LogP contribution in [0.2, 0.25) is 0 Å². The van der Waals surface area contributed by atoms with Gasteiger partial charge in [-0.1, -0.05) is 71.9 Å². The fraction of sp³-hybridized carbons (Fsp3) is 0.429. The number of benzene rings is 2. The maximum absolute atomic E-state index is 12.8. The molecule has 1 aromatic heterocycles. The molecule has 2 aromatic carbocycles. The second-order valence-corrected chi connectivity index (χ2v) is 11.1. The number of rotatable bonds is 5. The Labute approximate surface area is 211 Å². The minimum atomic E-state index is -0.601. The van der Waals surface area contributed by atoms with E-state index in [-0.39, 0.29) is 34.4 Å². The van der Waals surface area contributed by atoms with Gasteiger partial charge in [-0.15, -0.1) is 0 Å². The molecule has 0 spiro atoms. The van der Waals surface area contributed by atoms with Gasteiger partial charge in [-0.25, -0.2) is 4.68 Å². The predicted octanol–water partition coefficient (Wildman–Crippen LogP) is 4.11. The van der Waals surface area contributed by atoms with E-state index >= 15 is 0 Å². The average molecular weight is 493 g/mol. The number of aryl methyl sites for hydroxylation is 2. The Kier molecular flexibility index (Phi) is 7.57. The van der Waals surface area contributed by atoms with Gasteiger partial charge in [-0.05, 0) is 46.9 Å². The normalized spacial score (nSPS) is 12.0. The van der Waals surface area contributed by atoms with Crippen molar-refractivity contribution in [1.29, 1.82) is 0 Å². The van der Waals surface area contributed by atoms with Crippen LogP contribution in [-0.2, 0) is 28.6 Å². The van der Waals surface area contributed by atoms with E-state index < -0.39 is 5.91 Å². The molecule has 3 rings (SSSR count). The zero-order valence-corrected chi connectivity index (χ0v) is 22.2. The van der Waals surface area contributed by atoms with Crippen LogP contribution in [0.3, 0.4) is 0 Å². The molecule has 3 aromatic rings. The highest BCUT2D eigenvalue weighted by molar-refractivity contribution is 6.05. The van der Waals surface area contributed by atoms with Gasteiger partial charge >= 0.3 is 0 Å². The van der Waals surface area contributed by atoms with E-state index in [9.17, 15) is 19.5 Å². The van der Waals surface area contributed by atoms with Crippen LogP contribution in [0.5, 0.6) is 5.75 Å². The molecule has 8 heteroatoms. The summed E-state index contributed by atoms with van der Waals surface area (Å²) < 4.78 is 1.23. The monoisotopic (exact) mass is 492 g/mol. The van der Waals surface area contributed by atoms with Gasteiger partial charge < -0.3 is 5.11 Å². The summed E-state index contributed by atoms with van der Waals surface area (Å²) in [4.78, 5) is 37.9. The van der Waals surface area contributed by atoms with Gasteiger partial charge in [-0.3, -0.25) is 25.2 Å². The van der Waals surface area contributed by atoms with Crippen molar-refractivity contribution in [3.8, 4) is 5.75 Å². The summed E-state index contributed by atoms with van der Waals surface area (Å²) in [5.41, 5.74) is 6.75. The third-order valence-electron chi connectivity index (χ3n) is 6.12. The van der Waals surface area contributed by atoms with Crippen LogP contribution < -0.4 is 16.4 Å². The number of nitrogens with zero attached hydrogens (tertiary/aromatic N) is 2. The Balaban J connectivity index is 1.75. The van der Waals surface area contributed by atoms with Gasteiger partial charge in [-0.2, -0.15) is 5.10 Å². The fourth-order valence-electron chi connectivity index (χ4n) is 4.11. The van der Waals surface area contributed by atoms with Gasteiger partial charge in [0.15, 0.2) is 5.69 Å². The van der Waals surface area contributed by atoms with Gasteiger partial charge in [0.05, 0.1) is 5.39 Å². The average Bonchev–Trinajstić information content (AvgIpc) is 2.80. The van der Waals surface area contributed by atoms with Gasteiger partial charge in [0.2, 0.25) is 5.91 Å². The number of carbonyl (C=O) groups excluding carboxylic acids is 2. The van der Waals surface area contributed by atoms with Gasteiger partial charge in [0.1, 0.15) is 5.75 Å². The maximum Gasteiger partial charge on any atom is 0.290 e. The molecule has 1 heterocycles. The second-order valence-electron chi connectivity index (χ2n) is 11.1. The first-order valence-corrected chi connectivity index (χ1v) is 12.2. The molecular formula is C28H36N4O4. The number of carbonyl (C=O) groups is 2. The molecule has 192 valence electrons. The number of hydrogen-bond donors (Lipinski definition) is 3. The molecule has 2 amide bonds. The quantitative estimate of drug-likeness (QED) is 0.464. The first kappa shape index (κ1) is 26.9. The first-order chi connectivity index (χ1) is 16.7. The lowest BCUT2D eigenvalue weighted by atomic mass is 9.78. The van der Waals surface area contributed by atoms with Crippen LogP contribution in [0.1, 0.15) is 82.1 Å². The number of fused-ring (bicyclic) bond motifs is 1. The molecule has 3 N–H and O–H groups in total. The molecule has 36 heavy (non-hydrogen) atoms. The van der Waals surface area contributed by atoms with Crippen molar-refractivity contribution in [2.75, 3.05) is 0 Å². The van der Waals surface area contributed by atoms with Crippen LogP contribution in [0.25, 0.3) is 10.8 Å². The van der Waals surface area contributed by atoms with E-state index in [0.717, 1.165) is 16.7 Å². The van der Waals surface area contributed by atoms with Crippen LogP contribution in [0.15, 0.2) is 41.2 Å². The lowest BCUT2D eigenvalue weighted by Gasteiger charge is -2.28. The maximum atomic E-state index is 12.8. The summed E-state index contributed by atoms with van der Waals surface area (Å²) in [6.45, 7) is 14.3. The Bertz CT molecular complexity index is 1330. The molecule has 0 unspecified atom stereocenters. The largest absolute Gasteiger partial charge is 0.507 e. The third-order valence-corrected chi connectivity index (χ3v) is 6.12. The highest BCUT2D eigenvalue weighted by atomic mass is 16.3. The number of aromatic nitrogens is 2. The molecule has 0 fully saturated rings. The van der Waals surface area contributed by atoms with Crippen molar-refractivity contribution >= 4 is 22.6 Å². The fourth-order valence-corrected chi connectivity index (χ4v) is 4.11. The molecule has 0 aliphatic heterocycles. The zero-order chi connectivity index (χ0) is 26.8. The minimum Gasteiger partial charge on any atom is -0.507 e. The van der Waals surface area contributed by atoms with Crippen LogP contribution >= 0.6 is 0 Å². The van der Waals surface area contributed by atoms with Crippen molar-refractivity contribution in [2.45, 2.75) is 78.7 Å².